The first-order chi connectivity index (χ1) is 10.8. The number of nitro benzene ring substituents is 1. The number of nitrogens with zero attached hydrogens (tertiary/aromatic N) is 1. The zero-order valence-corrected chi connectivity index (χ0v) is 12.9. The van der Waals surface area contributed by atoms with E-state index >= 15 is 0 Å². The molecule has 2 N–H and O–H groups in total. The maximum Gasteiger partial charge on any atom is 0.319 e. The van der Waals surface area contributed by atoms with Crippen LogP contribution in [-0.4, -0.2) is 23.5 Å². The lowest BCUT2D eigenvalue weighted by atomic mass is 9.89. The van der Waals surface area contributed by atoms with Crippen molar-refractivity contribution in [2.45, 2.75) is 13.0 Å². The molecule has 23 heavy (non-hydrogen) atoms. The van der Waals surface area contributed by atoms with Gasteiger partial charge in [-0.2, -0.15) is 0 Å². The Morgan fingerprint density at radius 2 is 2.22 bits per heavy atom. The molecule has 0 bridgehead atoms. The van der Waals surface area contributed by atoms with Crippen LogP contribution in [0.4, 0.5) is 10.5 Å². The van der Waals surface area contributed by atoms with Gasteiger partial charge in [0.25, 0.3) is 5.69 Å². The van der Waals surface area contributed by atoms with Gasteiger partial charge < -0.3 is 15.4 Å². The molecule has 1 fully saturated rings. The van der Waals surface area contributed by atoms with Crippen LogP contribution < -0.4 is 10.6 Å². The zero-order chi connectivity index (χ0) is 17.1. The SMILES string of the molecule is C=C1NC(=O)N[C@H](c2ccc(Cl)c([N+](=O)[O-])c2)[C@H]1C(=O)OCC. The lowest BCUT2D eigenvalue weighted by Gasteiger charge is -2.33. The van der Waals surface area contributed by atoms with Crippen molar-refractivity contribution in [3.05, 3.63) is 51.2 Å². The second kappa shape index (κ2) is 6.66. The molecule has 9 heteroatoms. The highest BCUT2D eigenvalue weighted by Gasteiger charge is 2.39. The van der Waals surface area contributed by atoms with Gasteiger partial charge in [0.15, 0.2) is 0 Å². The molecule has 122 valence electrons. The lowest BCUT2D eigenvalue weighted by Crippen LogP contribution is -2.51. The molecule has 2 amide bonds. The summed E-state index contributed by atoms with van der Waals surface area (Å²) in [5, 5.41) is 16.0. The van der Waals surface area contributed by atoms with Crippen LogP contribution in [0, 0.1) is 16.0 Å². The van der Waals surface area contributed by atoms with Crippen molar-refractivity contribution in [1.29, 1.82) is 0 Å². The van der Waals surface area contributed by atoms with Crippen molar-refractivity contribution < 1.29 is 19.2 Å². The fourth-order valence-corrected chi connectivity index (χ4v) is 2.52. The van der Waals surface area contributed by atoms with E-state index in [1.54, 1.807) is 6.92 Å². The molecule has 8 nitrogen and oxygen atoms in total. The third-order valence-corrected chi connectivity index (χ3v) is 3.66. The second-order valence-corrected chi connectivity index (χ2v) is 5.21. The van der Waals surface area contributed by atoms with Crippen molar-refractivity contribution in [3.8, 4) is 0 Å². The third kappa shape index (κ3) is 3.42. The maximum atomic E-state index is 12.2. The number of hydrogen-bond donors (Lipinski definition) is 2. The second-order valence-electron chi connectivity index (χ2n) is 4.80. The molecule has 0 saturated carbocycles. The molecule has 2 atom stereocenters. The van der Waals surface area contributed by atoms with Crippen LogP contribution in [0.5, 0.6) is 0 Å². The minimum Gasteiger partial charge on any atom is -0.465 e. The monoisotopic (exact) mass is 339 g/mol. The Balaban J connectivity index is 2.45. The number of carbonyl (C=O) groups excluding carboxylic acids is 2. The highest BCUT2D eigenvalue weighted by Crippen LogP contribution is 2.34. The van der Waals surface area contributed by atoms with Crippen LogP contribution in [0.1, 0.15) is 18.5 Å². The van der Waals surface area contributed by atoms with Gasteiger partial charge in [0.05, 0.1) is 17.6 Å². The number of nitrogens with one attached hydrogen (secondary N) is 2. The summed E-state index contributed by atoms with van der Waals surface area (Å²) in [4.78, 5) is 34.2. The summed E-state index contributed by atoms with van der Waals surface area (Å²) in [5.41, 5.74) is 0.204. The molecule has 1 aliphatic rings. The van der Waals surface area contributed by atoms with E-state index < -0.39 is 28.9 Å². The Kier molecular flexibility index (Phi) is 4.85. The average molecular weight is 340 g/mol. The van der Waals surface area contributed by atoms with Crippen molar-refractivity contribution >= 4 is 29.3 Å². The number of rotatable bonds is 4. The van der Waals surface area contributed by atoms with E-state index in [0.717, 1.165) is 0 Å². The highest BCUT2D eigenvalue weighted by molar-refractivity contribution is 6.32. The van der Waals surface area contributed by atoms with Crippen molar-refractivity contribution in [2.75, 3.05) is 6.61 Å². The minimum absolute atomic E-state index is 0.0366. The quantitative estimate of drug-likeness (QED) is 0.496. The number of carbonyl (C=O) groups is 2. The number of esters is 1. The molecular weight excluding hydrogens is 326 g/mol. The van der Waals surface area contributed by atoms with Crippen molar-refractivity contribution in [3.63, 3.8) is 0 Å². The summed E-state index contributed by atoms with van der Waals surface area (Å²) in [6, 6.07) is 2.67. The molecule has 1 heterocycles. The van der Waals surface area contributed by atoms with Gasteiger partial charge >= 0.3 is 12.0 Å². The fraction of sp³-hybridized carbons (Fsp3) is 0.286. The van der Waals surface area contributed by atoms with Gasteiger partial charge in [0, 0.05) is 11.8 Å². The zero-order valence-electron chi connectivity index (χ0n) is 12.2. The van der Waals surface area contributed by atoms with E-state index in [0.29, 0.717) is 5.56 Å². The van der Waals surface area contributed by atoms with Gasteiger partial charge in [0.2, 0.25) is 0 Å². The van der Waals surface area contributed by atoms with Crippen molar-refractivity contribution in [1.82, 2.24) is 10.6 Å². The first-order valence-electron chi connectivity index (χ1n) is 6.72. The summed E-state index contributed by atoms with van der Waals surface area (Å²) in [7, 11) is 0. The Hall–Kier alpha value is -2.61. The number of urea groups is 1. The molecular formula is C14H14ClN3O5. The Morgan fingerprint density at radius 3 is 2.83 bits per heavy atom. The number of hydrogen-bond acceptors (Lipinski definition) is 5. The normalized spacial score (nSPS) is 20.4. The molecule has 1 aliphatic heterocycles. The van der Waals surface area contributed by atoms with Gasteiger partial charge in [-0.15, -0.1) is 0 Å². The van der Waals surface area contributed by atoms with Crippen molar-refractivity contribution in [2.24, 2.45) is 5.92 Å². The average Bonchev–Trinajstić information content (AvgIpc) is 2.46. The van der Waals surface area contributed by atoms with Crippen LogP contribution in [0.2, 0.25) is 5.02 Å². The van der Waals surface area contributed by atoms with E-state index in [1.165, 1.54) is 18.2 Å². The Bertz CT molecular complexity index is 691. The van der Waals surface area contributed by atoms with E-state index in [1.807, 2.05) is 0 Å². The number of halogens is 1. The molecule has 1 aromatic rings. The lowest BCUT2D eigenvalue weighted by molar-refractivity contribution is -0.384. The molecule has 1 aromatic carbocycles. The summed E-state index contributed by atoms with van der Waals surface area (Å²) in [5.74, 6) is -1.50. The molecule has 0 aliphatic carbocycles. The van der Waals surface area contributed by atoms with Gasteiger partial charge in [0.1, 0.15) is 10.9 Å². The van der Waals surface area contributed by atoms with Crippen LogP contribution >= 0.6 is 11.6 Å². The maximum absolute atomic E-state index is 12.2. The molecule has 1 saturated heterocycles. The summed E-state index contributed by atoms with van der Waals surface area (Å²) >= 11 is 5.79. The smallest absolute Gasteiger partial charge is 0.319 e. The Labute approximate surface area is 136 Å². The highest BCUT2D eigenvalue weighted by atomic mass is 35.5. The predicted octanol–water partition coefficient (Wildman–Crippen LogP) is 2.30. The van der Waals surface area contributed by atoms with E-state index in [4.69, 9.17) is 16.3 Å². The van der Waals surface area contributed by atoms with Crippen LogP contribution in [0.15, 0.2) is 30.5 Å². The summed E-state index contributed by atoms with van der Waals surface area (Å²) < 4.78 is 4.99. The fourth-order valence-electron chi connectivity index (χ4n) is 2.33. The van der Waals surface area contributed by atoms with Crippen LogP contribution in [-0.2, 0) is 9.53 Å². The number of amides is 2. The molecule has 0 unspecified atom stereocenters. The van der Waals surface area contributed by atoms with E-state index in [9.17, 15) is 19.7 Å². The number of ether oxygens (including phenoxy) is 1. The third-order valence-electron chi connectivity index (χ3n) is 3.34. The molecule has 0 spiro atoms. The van der Waals surface area contributed by atoms with E-state index in [-0.39, 0.29) is 23.0 Å². The molecule has 0 aromatic heterocycles. The van der Waals surface area contributed by atoms with Gasteiger partial charge in [-0.3, -0.25) is 14.9 Å². The topological polar surface area (TPSA) is 111 Å². The predicted molar refractivity (Wildman–Crippen MR) is 81.8 cm³/mol. The van der Waals surface area contributed by atoms with Crippen LogP contribution in [0.3, 0.4) is 0 Å². The first kappa shape index (κ1) is 16.8. The van der Waals surface area contributed by atoms with Gasteiger partial charge in [-0.05, 0) is 18.6 Å². The number of nitro groups is 1. The first-order valence-corrected chi connectivity index (χ1v) is 7.09. The molecule has 2 rings (SSSR count). The molecule has 0 radical (unpaired) electrons. The van der Waals surface area contributed by atoms with Gasteiger partial charge in [-0.25, -0.2) is 4.79 Å². The standard InChI is InChI=1S/C14H14ClN3O5/c1-3-23-13(19)11-7(2)16-14(20)17-12(11)8-4-5-9(15)10(6-8)18(21)22/h4-6,11-12H,2-3H2,1H3,(H2,16,17,20)/t11-,12+/m0/s1. The minimum atomic E-state index is -0.909. The van der Waals surface area contributed by atoms with Crippen LogP contribution in [0.25, 0.3) is 0 Å². The largest absolute Gasteiger partial charge is 0.465 e. The Morgan fingerprint density at radius 1 is 1.52 bits per heavy atom. The summed E-state index contributed by atoms with van der Waals surface area (Å²) in [6.45, 7) is 5.47. The van der Waals surface area contributed by atoms with Gasteiger partial charge in [-0.1, -0.05) is 24.2 Å². The number of benzene rings is 1. The summed E-state index contributed by atoms with van der Waals surface area (Å²) in [6.07, 6.45) is 0. The van der Waals surface area contributed by atoms with E-state index in [2.05, 4.69) is 17.2 Å².